The van der Waals surface area contributed by atoms with Crippen molar-refractivity contribution in [3.63, 3.8) is 0 Å². The van der Waals surface area contributed by atoms with Gasteiger partial charge in [0.25, 0.3) is 0 Å². The molecule has 1 rings (SSSR count). The summed E-state index contributed by atoms with van der Waals surface area (Å²) in [5.41, 5.74) is 5.69. The summed E-state index contributed by atoms with van der Waals surface area (Å²) in [5.74, 6) is -0.305. The number of para-hydroxylation sites is 1. The van der Waals surface area contributed by atoms with Crippen molar-refractivity contribution in [3.05, 3.63) is 18.2 Å². The fourth-order valence-electron chi connectivity index (χ4n) is 1.37. The molecule has 0 saturated heterocycles. The number of hydrogen-bond acceptors (Lipinski definition) is 5. The molecule has 0 heterocycles. The molecular formula is C14H20N2O4. The Labute approximate surface area is 118 Å². The average molecular weight is 280 g/mol. The van der Waals surface area contributed by atoms with Crippen LogP contribution in [0.4, 0.5) is 16.2 Å². The summed E-state index contributed by atoms with van der Waals surface area (Å²) in [4.78, 5) is 23.1. The molecule has 1 aromatic rings. The van der Waals surface area contributed by atoms with Crippen LogP contribution >= 0.6 is 0 Å². The number of esters is 1. The lowest BCUT2D eigenvalue weighted by Gasteiger charge is -2.20. The highest BCUT2D eigenvalue weighted by Crippen LogP contribution is 2.31. The third-order valence-electron chi connectivity index (χ3n) is 2.19. The van der Waals surface area contributed by atoms with E-state index >= 15 is 0 Å². The molecular weight excluding hydrogens is 260 g/mol. The summed E-state index contributed by atoms with van der Waals surface area (Å²) in [6, 6.07) is 4.81. The zero-order valence-electron chi connectivity index (χ0n) is 12.1. The van der Waals surface area contributed by atoms with Crippen molar-refractivity contribution in [1.82, 2.24) is 0 Å². The van der Waals surface area contributed by atoms with Crippen molar-refractivity contribution < 1.29 is 19.1 Å². The Balaban J connectivity index is 2.92. The molecule has 110 valence electrons. The molecule has 3 N–H and O–H groups in total. The number of hydrogen-bond donors (Lipinski definition) is 2. The van der Waals surface area contributed by atoms with Gasteiger partial charge >= 0.3 is 12.1 Å². The van der Waals surface area contributed by atoms with E-state index in [1.807, 2.05) is 0 Å². The van der Waals surface area contributed by atoms with E-state index in [-0.39, 0.29) is 17.9 Å². The third kappa shape index (κ3) is 4.79. The highest BCUT2D eigenvalue weighted by Gasteiger charge is 2.19. The number of carbonyl (C=O) groups is 2. The number of benzene rings is 1. The van der Waals surface area contributed by atoms with Crippen LogP contribution in [0.15, 0.2) is 18.2 Å². The number of carbonyl (C=O) groups excluding carboxylic acids is 2. The van der Waals surface area contributed by atoms with Crippen LogP contribution < -0.4 is 15.8 Å². The second-order valence-electron chi connectivity index (χ2n) is 5.18. The Morgan fingerprint density at radius 3 is 2.50 bits per heavy atom. The molecule has 0 aliphatic carbocycles. The van der Waals surface area contributed by atoms with E-state index in [0.717, 1.165) is 0 Å². The zero-order valence-corrected chi connectivity index (χ0v) is 12.1. The van der Waals surface area contributed by atoms with Crippen molar-refractivity contribution in [2.75, 3.05) is 11.1 Å². The van der Waals surface area contributed by atoms with Gasteiger partial charge in [0.05, 0.1) is 11.4 Å². The van der Waals surface area contributed by atoms with E-state index in [4.69, 9.17) is 15.2 Å². The highest BCUT2D eigenvalue weighted by atomic mass is 16.6. The predicted molar refractivity (Wildman–Crippen MR) is 76.6 cm³/mol. The smallest absolute Gasteiger partial charge is 0.412 e. The molecule has 0 unspecified atom stereocenters. The molecule has 0 aliphatic rings. The Morgan fingerprint density at radius 2 is 1.95 bits per heavy atom. The second-order valence-corrected chi connectivity index (χ2v) is 5.18. The van der Waals surface area contributed by atoms with E-state index in [1.165, 1.54) is 0 Å². The fourth-order valence-corrected chi connectivity index (χ4v) is 1.37. The molecule has 20 heavy (non-hydrogen) atoms. The van der Waals surface area contributed by atoms with Crippen LogP contribution in [0.2, 0.25) is 0 Å². The van der Waals surface area contributed by atoms with Crippen molar-refractivity contribution in [1.29, 1.82) is 0 Å². The lowest BCUT2D eigenvalue weighted by molar-refractivity contribution is -0.133. The van der Waals surface area contributed by atoms with E-state index in [9.17, 15) is 9.59 Å². The van der Waals surface area contributed by atoms with Gasteiger partial charge in [-0.3, -0.25) is 10.1 Å². The Bertz CT molecular complexity index is 506. The molecule has 0 saturated carbocycles. The maximum Gasteiger partial charge on any atom is 0.412 e. The van der Waals surface area contributed by atoms with Gasteiger partial charge in [-0.25, -0.2) is 4.79 Å². The molecule has 6 nitrogen and oxygen atoms in total. The van der Waals surface area contributed by atoms with Crippen LogP contribution in [0.5, 0.6) is 5.75 Å². The number of nitrogen functional groups attached to an aromatic ring is 1. The van der Waals surface area contributed by atoms with Gasteiger partial charge < -0.3 is 15.2 Å². The summed E-state index contributed by atoms with van der Waals surface area (Å²) < 4.78 is 10.3. The first-order chi connectivity index (χ1) is 9.23. The Kier molecular flexibility index (Phi) is 4.96. The molecule has 0 radical (unpaired) electrons. The molecule has 0 bridgehead atoms. The number of nitrogens with two attached hydrogens (primary N) is 1. The number of amides is 1. The first-order valence-electron chi connectivity index (χ1n) is 6.32. The van der Waals surface area contributed by atoms with Crippen LogP contribution in [0, 0.1) is 0 Å². The fraction of sp³-hybridized carbons (Fsp3) is 0.429. The highest BCUT2D eigenvalue weighted by molar-refractivity contribution is 5.90. The molecule has 6 heteroatoms. The number of anilines is 2. The first kappa shape index (κ1) is 15.8. The topological polar surface area (TPSA) is 90.6 Å². The van der Waals surface area contributed by atoms with Gasteiger partial charge in [-0.2, -0.15) is 0 Å². The van der Waals surface area contributed by atoms with Crippen LogP contribution in [-0.4, -0.2) is 17.7 Å². The SMILES string of the molecule is CCC(=O)Oc1c(N)cccc1NC(=O)OC(C)(C)C. The maximum absolute atomic E-state index is 11.7. The molecule has 1 aromatic carbocycles. The lowest BCUT2D eigenvalue weighted by Crippen LogP contribution is -2.27. The second kappa shape index (κ2) is 6.27. The minimum Gasteiger partial charge on any atom is -0.444 e. The first-order valence-corrected chi connectivity index (χ1v) is 6.32. The monoisotopic (exact) mass is 280 g/mol. The molecule has 0 spiro atoms. The van der Waals surface area contributed by atoms with Gasteiger partial charge in [-0.1, -0.05) is 13.0 Å². The van der Waals surface area contributed by atoms with E-state index in [0.29, 0.717) is 5.69 Å². The van der Waals surface area contributed by atoms with Crippen LogP contribution in [-0.2, 0) is 9.53 Å². The van der Waals surface area contributed by atoms with Crippen LogP contribution in [0.3, 0.4) is 0 Å². The van der Waals surface area contributed by atoms with Gasteiger partial charge in [0.1, 0.15) is 5.60 Å². The van der Waals surface area contributed by atoms with Crippen LogP contribution in [0.25, 0.3) is 0 Å². The summed E-state index contributed by atoms with van der Waals surface area (Å²) in [7, 11) is 0. The Morgan fingerprint density at radius 1 is 1.30 bits per heavy atom. The van der Waals surface area contributed by atoms with Gasteiger partial charge in [-0.15, -0.1) is 0 Å². The molecule has 0 fully saturated rings. The van der Waals surface area contributed by atoms with Gasteiger partial charge in [0.15, 0.2) is 5.75 Å². The van der Waals surface area contributed by atoms with E-state index in [2.05, 4.69) is 5.32 Å². The van der Waals surface area contributed by atoms with Crippen molar-refractivity contribution in [2.24, 2.45) is 0 Å². The number of ether oxygens (including phenoxy) is 2. The van der Waals surface area contributed by atoms with Gasteiger partial charge in [-0.05, 0) is 32.9 Å². The quantitative estimate of drug-likeness (QED) is 0.504. The Hall–Kier alpha value is -2.24. The molecule has 1 amide bonds. The number of nitrogens with one attached hydrogen (secondary N) is 1. The number of rotatable bonds is 3. The summed E-state index contributed by atoms with van der Waals surface area (Å²) in [6.07, 6.45) is -0.433. The van der Waals surface area contributed by atoms with Gasteiger partial charge in [0.2, 0.25) is 0 Å². The minimum atomic E-state index is -0.642. The third-order valence-corrected chi connectivity index (χ3v) is 2.19. The van der Waals surface area contributed by atoms with Crippen molar-refractivity contribution in [3.8, 4) is 5.75 Å². The van der Waals surface area contributed by atoms with E-state index < -0.39 is 17.7 Å². The maximum atomic E-state index is 11.7. The summed E-state index contributed by atoms with van der Waals surface area (Å²) in [6.45, 7) is 6.93. The normalized spacial score (nSPS) is 10.8. The standard InChI is InChI=1S/C14H20N2O4/c1-5-11(17)19-12-9(15)7-6-8-10(12)16-13(18)20-14(2,3)4/h6-8H,5,15H2,1-4H3,(H,16,18). The minimum absolute atomic E-state index is 0.130. The van der Waals surface area contributed by atoms with Crippen molar-refractivity contribution in [2.45, 2.75) is 39.7 Å². The summed E-state index contributed by atoms with van der Waals surface area (Å²) >= 11 is 0. The molecule has 0 aromatic heterocycles. The predicted octanol–water partition coefficient (Wildman–Crippen LogP) is 2.93. The van der Waals surface area contributed by atoms with Gasteiger partial charge in [0, 0.05) is 6.42 Å². The zero-order chi connectivity index (χ0) is 15.3. The molecule has 0 atom stereocenters. The lowest BCUT2D eigenvalue weighted by atomic mass is 10.2. The largest absolute Gasteiger partial charge is 0.444 e. The average Bonchev–Trinajstić information content (AvgIpc) is 2.30. The molecule has 0 aliphatic heterocycles. The van der Waals surface area contributed by atoms with Crippen molar-refractivity contribution >= 4 is 23.4 Å². The van der Waals surface area contributed by atoms with Crippen LogP contribution in [0.1, 0.15) is 34.1 Å². The summed E-state index contributed by atoms with van der Waals surface area (Å²) in [5, 5.41) is 2.52. The van der Waals surface area contributed by atoms with E-state index in [1.54, 1.807) is 45.9 Å².